The Morgan fingerprint density at radius 2 is 1.96 bits per heavy atom. The number of benzene rings is 2. The van der Waals surface area contributed by atoms with Crippen molar-refractivity contribution in [2.75, 3.05) is 6.54 Å². The Labute approximate surface area is 145 Å². The third-order valence-electron chi connectivity index (χ3n) is 3.51. The zero-order chi connectivity index (χ0) is 17.7. The summed E-state index contributed by atoms with van der Waals surface area (Å²) in [7, 11) is 0. The quantitative estimate of drug-likeness (QED) is 0.330. The number of hydrogen-bond donors (Lipinski definition) is 0. The van der Waals surface area contributed by atoms with E-state index < -0.39 is 11.5 Å². The maximum atomic E-state index is 12.9. The van der Waals surface area contributed by atoms with Crippen molar-refractivity contribution < 1.29 is 9.72 Å². The third kappa shape index (κ3) is 4.26. The number of nitro groups is 1. The second-order valence-electron chi connectivity index (χ2n) is 5.57. The van der Waals surface area contributed by atoms with Crippen LogP contribution in [0.15, 0.2) is 47.5 Å². The number of carbonyl (C=O) groups excluding carboxylic acids is 1. The van der Waals surface area contributed by atoms with Gasteiger partial charge in [-0.05, 0) is 35.7 Å². The van der Waals surface area contributed by atoms with E-state index in [9.17, 15) is 14.9 Å². The Morgan fingerprint density at radius 3 is 2.58 bits per heavy atom. The molecule has 0 aliphatic heterocycles. The minimum atomic E-state index is -0.485. The molecule has 0 heterocycles. The summed E-state index contributed by atoms with van der Waals surface area (Å²) in [5, 5.41) is 10.8. The van der Waals surface area contributed by atoms with E-state index in [1.807, 2.05) is 19.9 Å². The van der Waals surface area contributed by atoms with Crippen molar-refractivity contribution >= 4 is 29.3 Å². The molecular formula is C18H17ClN2O3. The first-order valence-corrected chi connectivity index (χ1v) is 7.85. The van der Waals surface area contributed by atoms with Crippen LogP contribution in [-0.2, 0) is 0 Å². The van der Waals surface area contributed by atoms with Gasteiger partial charge >= 0.3 is 0 Å². The molecule has 0 aliphatic carbocycles. The third-order valence-corrected chi connectivity index (χ3v) is 3.84. The summed E-state index contributed by atoms with van der Waals surface area (Å²) in [6.07, 6.45) is 1.19. The average Bonchev–Trinajstić information content (AvgIpc) is 2.54. The van der Waals surface area contributed by atoms with Gasteiger partial charge in [0.2, 0.25) is 6.54 Å². The fourth-order valence-corrected chi connectivity index (χ4v) is 2.43. The molecule has 5 nitrogen and oxygen atoms in total. The lowest BCUT2D eigenvalue weighted by atomic mass is 9.95. The van der Waals surface area contributed by atoms with E-state index in [0.717, 1.165) is 5.56 Å². The Morgan fingerprint density at radius 1 is 1.25 bits per heavy atom. The van der Waals surface area contributed by atoms with E-state index in [2.05, 4.69) is 4.99 Å². The Hall–Kier alpha value is -2.53. The largest absolute Gasteiger partial charge is 0.288 e. The van der Waals surface area contributed by atoms with Crippen molar-refractivity contribution in [1.82, 2.24) is 0 Å². The van der Waals surface area contributed by atoms with Crippen LogP contribution in [0.2, 0.25) is 5.02 Å². The van der Waals surface area contributed by atoms with Gasteiger partial charge < -0.3 is 0 Å². The van der Waals surface area contributed by atoms with Gasteiger partial charge in [-0.25, -0.2) is 0 Å². The summed E-state index contributed by atoms with van der Waals surface area (Å²) in [4.78, 5) is 26.9. The fraction of sp³-hybridized carbons (Fsp3) is 0.222. The van der Waals surface area contributed by atoms with E-state index in [1.165, 1.54) is 6.21 Å². The van der Waals surface area contributed by atoms with Gasteiger partial charge in [0.25, 0.3) is 0 Å². The van der Waals surface area contributed by atoms with Crippen molar-refractivity contribution in [2.24, 2.45) is 4.99 Å². The number of rotatable bonds is 6. The molecule has 0 saturated carbocycles. The number of ketones is 1. The van der Waals surface area contributed by atoms with Gasteiger partial charge in [0.05, 0.1) is 16.9 Å². The second kappa shape index (κ2) is 7.84. The molecule has 0 aromatic heterocycles. The highest BCUT2D eigenvalue weighted by atomic mass is 35.5. The van der Waals surface area contributed by atoms with Gasteiger partial charge in [-0.1, -0.05) is 43.6 Å². The molecule has 24 heavy (non-hydrogen) atoms. The Kier molecular flexibility index (Phi) is 5.82. The first-order valence-electron chi connectivity index (χ1n) is 7.47. The van der Waals surface area contributed by atoms with Crippen LogP contribution in [0, 0.1) is 10.1 Å². The molecule has 0 spiro atoms. The molecule has 2 rings (SSSR count). The first kappa shape index (κ1) is 17.8. The molecule has 0 amide bonds. The molecule has 0 aliphatic rings. The Bertz CT molecular complexity index is 801. The molecule has 2 aromatic carbocycles. The van der Waals surface area contributed by atoms with Gasteiger partial charge in [-0.2, -0.15) is 0 Å². The van der Waals surface area contributed by atoms with Gasteiger partial charge in [-0.15, -0.1) is 0 Å². The molecule has 0 radical (unpaired) electrons. The molecular weight excluding hydrogens is 328 g/mol. The normalized spacial score (nSPS) is 11.2. The predicted molar refractivity (Wildman–Crippen MR) is 95.4 cm³/mol. The van der Waals surface area contributed by atoms with Crippen LogP contribution in [-0.4, -0.2) is 23.5 Å². The van der Waals surface area contributed by atoms with E-state index in [4.69, 9.17) is 11.6 Å². The molecule has 2 aromatic rings. The number of aliphatic imine (C=N–C) groups is 1. The molecule has 124 valence electrons. The molecule has 6 heteroatoms. The van der Waals surface area contributed by atoms with Crippen LogP contribution in [0.3, 0.4) is 0 Å². The van der Waals surface area contributed by atoms with Crippen molar-refractivity contribution in [2.45, 2.75) is 19.8 Å². The maximum absolute atomic E-state index is 12.9. The lowest BCUT2D eigenvalue weighted by Crippen LogP contribution is -2.05. The lowest BCUT2D eigenvalue weighted by Gasteiger charge is -2.11. The standard InChI is InChI=1S/C18H17ClN2O3/c1-12(2)13-7-8-17(20-9-10-21(23)24)15(11-13)18(22)14-5-3-4-6-16(14)19/h3-9,11-12H,10H2,1-2H3. The molecule has 0 atom stereocenters. The monoisotopic (exact) mass is 344 g/mol. The molecule has 0 unspecified atom stereocenters. The smallest absolute Gasteiger partial charge is 0.238 e. The highest BCUT2D eigenvalue weighted by molar-refractivity contribution is 6.35. The van der Waals surface area contributed by atoms with E-state index in [-0.39, 0.29) is 11.7 Å². The highest BCUT2D eigenvalue weighted by Gasteiger charge is 2.17. The molecule has 0 saturated heterocycles. The average molecular weight is 345 g/mol. The van der Waals surface area contributed by atoms with Crippen LogP contribution in [0.25, 0.3) is 0 Å². The van der Waals surface area contributed by atoms with Crippen LogP contribution in [0.1, 0.15) is 41.3 Å². The van der Waals surface area contributed by atoms with Crippen LogP contribution >= 0.6 is 11.6 Å². The SMILES string of the molecule is CC(C)c1ccc(N=CC[N+](=O)[O-])c(C(=O)c2ccccc2Cl)c1. The topological polar surface area (TPSA) is 72.6 Å². The van der Waals surface area contributed by atoms with Crippen LogP contribution in [0.5, 0.6) is 0 Å². The van der Waals surface area contributed by atoms with E-state index in [1.54, 1.807) is 36.4 Å². The number of carbonyl (C=O) groups is 1. The molecule has 0 fully saturated rings. The fourth-order valence-electron chi connectivity index (χ4n) is 2.20. The van der Waals surface area contributed by atoms with Crippen molar-refractivity contribution in [3.05, 3.63) is 74.3 Å². The highest BCUT2D eigenvalue weighted by Crippen LogP contribution is 2.28. The van der Waals surface area contributed by atoms with Gasteiger partial charge in [-0.3, -0.25) is 19.9 Å². The Balaban J connectivity index is 2.50. The van der Waals surface area contributed by atoms with Gasteiger partial charge in [0, 0.05) is 16.1 Å². The van der Waals surface area contributed by atoms with Crippen molar-refractivity contribution in [3.8, 4) is 0 Å². The van der Waals surface area contributed by atoms with Crippen molar-refractivity contribution in [3.63, 3.8) is 0 Å². The zero-order valence-corrected chi connectivity index (χ0v) is 14.2. The first-order chi connectivity index (χ1) is 11.4. The summed E-state index contributed by atoms with van der Waals surface area (Å²) in [6.45, 7) is 3.65. The maximum Gasteiger partial charge on any atom is 0.238 e. The minimum absolute atomic E-state index is 0.236. The van der Waals surface area contributed by atoms with Crippen LogP contribution in [0.4, 0.5) is 5.69 Å². The van der Waals surface area contributed by atoms with Gasteiger partial charge in [0.1, 0.15) is 0 Å². The number of hydrogen-bond acceptors (Lipinski definition) is 4. The lowest BCUT2D eigenvalue weighted by molar-refractivity contribution is -0.462. The van der Waals surface area contributed by atoms with Crippen LogP contribution < -0.4 is 0 Å². The van der Waals surface area contributed by atoms with Crippen molar-refractivity contribution in [1.29, 1.82) is 0 Å². The summed E-state index contributed by atoms with van der Waals surface area (Å²) in [6, 6.07) is 12.1. The van der Waals surface area contributed by atoms with Gasteiger partial charge in [0.15, 0.2) is 5.78 Å². The predicted octanol–water partition coefficient (Wildman–Crippen LogP) is 4.67. The summed E-state index contributed by atoms with van der Waals surface area (Å²) < 4.78 is 0. The van der Waals surface area contributed by atoms with E-state index >= 15 is 0 Å². The second-order valence-corrected chi connectivity index (χ2v) is 5.97. The molecule has 0 N–H and O–H groups in total. The summed E-state index contributed by atoms with van der Waals surface area (Å²) >= 11 is 6.12. The zero-order valence-electron chi connectivity index (χ0n) is 13.4. The molecule has 0 bridgehead atoms. The number of nitrogens with zero attached hydrogens (tertiary/aromatic N) is 2. The summed E-state index contributed by atoms with van der Waals surface area (Å²) in [5.74, 6) is -0.0176. The van der Waals surface area contributed by atoms with E-state index in [0.29, 0.717) is 21.8 Å². The number of halogens is 1. The minimum Gasteiger partial charge on any atom is -0.288 e. The summed E-state index contributed by atoms with van der Waals surface area (Å²) in [5.41, 5.74) is 2.14.